The predicted octanol–water partition coefficient (Wildman–Crippen LogP) is 5.03. The molecule has 2 fully saturated rings. The predicted molar refractivity (Wildman–Crippen MR) is 120 cm³/mol. The molecule has 0 radical (unpaired) electrons. The van der Waals surface area contributed by atoms with Gasteiger partial charge in [-0.15, -0.1) is 0 Å². The van der Waals surface area contributed by atoms with E-state index >= 15 is 0 Å². The van der Waals surface area contributed by atoms with Crippen LogP contribution in [0.5, 0.6) is 0 Å². The monoisotopic (exact) mass is 564 g/mol. The number of carbonyl (C=O) groups is 1. The first-order valence-electron chi connectivity index (χ1n) is 11.9. The molecule has 0 aliphatic carbocycles. The minimum absolute atomic E-state index is 0.153. The number of benzene rings is 1. The Kier molecular flexibility index (Phi) is 8.71. The summed E-state index contributed by atoms with van der Waals surface area (Å²) in [6, 6.07) is 3.54. The van der Waals surface area contributed by atoms with Crippen LogP contribution in [-0.2, 0) is 17.5 Å². The molecule has 1 aromatic rings. The fourth-order valence-electron chi connectivity index (χ4n) is 4.57. The Balaban J connectivity index is 1.70. The molecule has 2 aliphatic rings. The van der Waals surface area contributed by atoms with Crippen LogP contribution in [0.2, 0.25) is 0 Å². The van der Waals surface area contributed by atoms with Crippen molar-refractivity contribution in [1.82, 2.24) is 15.1 Å². The summed E-state index contributed by atoms with van der Waals surface area (Å²) in [6.07, 6.45) is -21.7. The highest BCUT2D eigenvalue weighted by Gasteiger charge is 2.60. The quantitative estimate of drug-likeness (QED) is 0.509. The van der Waals surface area contributed by atoms with Gasteiger partial charge < -0.3 is 19.9 Å². The van der Waals surface area contributed by atoms with Gasteiger partial charge in [-0.25, -0.2) is 4.79 Å². The molecule has 15 heteroatoms. The van der Waals surface area contributed by atoms with Crippen molar-refractivity contribution in [3.05, 3.63) is 29.3 Å². The third kappa shape index (κ3) is 7.16. The van der Waals surface area contributed by atoms with Crippen LogP contribution >= 0.6 is 0 Å². The van der Waals surface area contributed by atoms with Crippen LogP contribution in [0, 0.1) is 0 Å². The van der Waals surface area contributed by atoms with Gasteiger partial charge in [-0.05, 0) is 44.5 Å². The molecule has 1 amide bonds. The molecule has 0 aromatic heterocycles. The second-order valence-corrected chi connectivity index (χ2v) is 9.77. The van der Waals surface area contributed by atoms with Gasteiger partial charge in [0.1, 0.15) is 0 Å². The second kappa shape index (κ2) is 11.0. The molecule has 0 atom stereocenters. The van der Waals surface area contributed by atoms with Crippen molar-refractivity contribution < 1.29 is 49.0 Å². The van der Waals surface area contributed by atoms with E-state index < -0.39 is 41.8 Å². The minimum Gasteiger partial charge on any atom is -0.426 e. The van der Waals surface area contributed by atoms with Gasteiger partial charge in [0, 0.05) is 57.0 Å². The molecule has 0 spiro atoms. The number of nitrogens with one attached hydrogen (secondary N) is 1. The van der Waals surface area contributed by atoms with E-state index in [1.807, 2.05) is 16.7 Å². The van der Waals surface area contributed by atoms with Crippen LogP contribution in [0.15, 0.2) is 18.2 Å². The van der Waals surface area contributed by atoms with Crippen LogP contribution < -0.4 is 10.2 Å². The van der Waals surface area contributed by atoms with Gasteiger partial charge in [0.05, 0.1) is 5.56 Å². The highest BCUT2D eigenvalue weighted by Crippen LogP contribution is 2.38. The number of alkyl halides is 9. The van der Waals surface area contributed by atoms with Gasteiger partial charge >= 0.3 is 24.6 Å². The Bertz CT molecular complexity index is 953. The molecule has 3 rings (SSSR count). The van der Waals surface area contributed by atoms with E-state index in [0.717, 1.165) is 17.0 Å². The van der Waals surface area contributed by atoms with E-state index in [9.17, 15) is 44.3 Å². The Labute approximate surface area is 213 Å². The number of piperidine rings is 1. The standard InChI is InChI=1S/C23H29F9N4O2/c1-20(5-9-36(10-6-20)19(37)38-18(22(27,28)29)23(30,31)32)34(2)14-15-3-4-16(21(24,25)26)13-17(15)35-11-7-33-8-12-35/h3-4,13,18,33H,5-12,14H2,1-2H3. The van der Waals surface area contributed by atoms with Crippen molar-refractivity contribution in [1.29, 1.82) is 0 Å². The summed E-state index contributed by atoms with van der Waals surface area (Å²) < 4.78 is 120. The fourth-order valence-corrected chi connectivity index (χ4v) is 4.57. The third-order valence-electron chi connectivity index (χ3n) is 7.11. The van der Waals surface area contributed by atoms with Crippen LogP contribution in [-0.4, -0.2) is 86.2 Å². The summed E-state index contributed by atoms with van der Waals surface area (Å²) in [4.78, 5) is 16.6. The summed E-state index contributed by atoms with van der Waals surface area (Å²) in [6.45, 7) is 4.00. The van der Waals surface area contributed by atoms with E-state index in [1.54, 1.807) is 7.05 Å². The summed E-state index contributed by atoms with van der Waals surface area (Å²) in [7, 11) is 1.73. The zero-order valence-corrected chi connectivity index (χ0v) is 20.7. The van der Waals surface area contributed by atoms with Crippen molar-refractivity contribution in [2.24, 2.45) is 0 Å². The molecule has 1 aromatic carbocycles. The van der Waals surface area contributed by atoms with Gasteiger partial charge in [0.25, 0.3) is 6.10 Å². The smallest absolute Gasteiger partial charge is 0.426 e. The van der Waals surface area contributed by atoms with Gasteiger partial charge in [-0.1, -0.05) is 6.07 Å². The van der Waals surface area contributed by atoms with Crippen molar-refractivity contribution in [2.75, 3.05) is 51.2 Å². The first-order valence-corrected chi connectivity index (χ1v) is 11.9. The van der Waals surface area contributed by atoms with E-state index in [2.05, 4.69) is 10.1 Å². The lowest BCUT2D eigenvalue weighted by atomic mass is 9.87. The van der Waals surface area contributed by atoms with Crippen LogP contribution in [0.4, 0.5) is 50.0 Å². The molecule has 38 heavy (non-hydrogen) atoms. The highest BCUT2D eigenvalue weighted by molar-refractivity contribution is 5.68. The van der Waals surface area contributed by atoms with Crippen LogP contribution in [0.25, 0.3) is 0 Å². The number of ether oxygens (including phenoxy) is 1. The average Bonchev–Trinajstić information content (AvgIpc) is 2.81. The minimum atomic E-state index is -5.80. The maximum atomic E-state index is 13.4. The lowest BCUT2D eigenvalue weighted by Crippen LogP contribution is -2.54. The van der Waals surface area contributed by atoms with E-state index in [1.165, 1.54) is 6.07 Å². The first kappa shape index (κ1) is 30.1. The number of piperazine rings is 1. The fraction of sp³-hybridized carbons (Fsp3) is 0.696. The van der Waals surface area contributed by atoms with Crippen LogP contribution in [0.1, 0.15) is 30.9 Å². The molecule has 0 unspecified atom stereocenters. The summed E-state index contributed by atoms with van der Waals surface area (Å²) in [5, 5.41) is 3.15. The molecule has 1 N–H and O–H groups in total. The van der Waals surface area contributed by atoms with Gasteiger partial charge in [0.2, 0.25) is 0 Å². The third-order valence-corrected chi connectivity index (χ3v) is 7.11. The largest absolute Gasteiger partial charge is 0.434 e. The molecular weight excluding hydrogens is 535 g/mol. The number of anilines is 1. The lowest BCUT2D eigenvalue weighted by molar-refractivity contribution is -0.308. The van der Waals surface area contributed by atoms with Crippen molar-refractivity contribution in [3.63, 3.8) is 0 Å². The average molecular weight is 564 g/mol. The lowest BCUT2D eigenvalue weighted by Gasteiger charge is -2.45. The second-order valence-electron chi connectivity index (χ2n) is 9.77. The van der Waals surface area contributed by atoms with Crippen LogP contribution in [0.3, 0.4) is 0 Å². The van der Waals surface area contributed by atoms with Gasteiger partial charge in [-0.2, -0.15) is 39.5 Å². The number of amides is 1. The van der Waals surface area contributed by atoms with Crippen molar-refractivity contribution in [2.45, 2.75) is 56.5 Å². The summed E-state index contributed by atoms with van der Waals surface area (Å²) in [5.74, 6) is 0. The number of carbonyl (C=O) groups excluding carboxylic acids is 1. The van der Waals surface area contributed by atoms with E-state index in [0.29, 0.717) is 37.4 Å². The number of halogens is 9. The maximum absolute atomic E-state index is 13.4. The Morgan fingerprint density at radius 3 is 2.05 bits per heavy atom. The zero-order valence-electron chi connectivity index (χ0n) is 20.7. The van der Waals surface area contributed by atoms with E-state index in [-0.39, 0.29) is 32.5 Å². The number of hydrogen-bond acceptors (Lipinski definition) is 5. The normalized spacial score (nSPS) is 19.3. The Morgan fingerprint density at radius 2 is 1.55 bits per heavy atom. The van der Waals surface area contributed by atoms with Gasteiger partial charge in [0.15, 0.2) is 0 Å². The highest BCUT2D eigenvalue weighted by atomic mass is 19.4. The number of hydrogen-bond donors (Lipinski definition) is 1. The molecule has 0 saturated carbocycles. The van der Waals surface area contributed by atoms with E-state index in [4.69, 9.17) is 0 Å². The molecule has 6 nitrogen and oxygen atoms in total. The molecule has 2 heterocycles. The number of rotatable bonds is 5. The number of likely N-dealkylation sites (tertiary alicyclic amines) is 1. The summed E-state index contributed by atoms with van der Waals surface area (Å²) in [5.41, 5.74) is -0.313. The SMILES string of the molecule is CN(Cc1ccc(C(F)(F)F)cc1N1CCNCC1)C1(C)CCN(C(=O)OC(C(F)(F)F)C(F)(F)F)CC1. The first-order chi connectivity index (χ1) is 17.4. The zero-order chi connectivity index (χ0) is 28.5. The Hall–Kier alpha value is -2.42. The molecular formula is C23H29F9N4O2. The molecule has 0 bridgehead atoms. The van der Waals surface area contributed by atoms with Crippen molar-refractivity contribution in [3.8, 4) is 0 Å². The summed E-state index contributed by atoms with van der Waals surface area (Å²) >= 11 is 0. The number of nitrogens with zero attached hydrogens (tertiary/aromatic N) is 3. The Morgan fingerprint density at radius 1 is 1.00 bits per heavy atom. The molecule has 2 aliphatic heterocycles. The van der Waals surface area contributed by atoms with Crippen molar-refractivity contribution >= 4 is 11.8 Å². The van der Waals surface area contributed by atoms with Gasteiger partial charge in [-0.3, -0.25) is 4.90 Å². The molecule has 2 saturated heterocycles. The molecule has 216 valence electrons. The maximum Gasteiger partial charge on any atom is 0.434 e. The topological polar surface area (TPSA) is 48.0 Å².